The zero-order valence-electron chi connectivity index (χ0n) is 19.5. The van der Waals surface area contributed by atoms with Crippen LogP contribution in [0.1, 0.15) is 22.4 Å². The van der Waals surface area contributed by atoms with E-state index in [1.165, 1.54) is 10.4 Å². The zero-order chi connectivity index (χ0) is 23.7. The molecule has 1 fully saturated rings. The van der Waals surface area contributed by atoms with Gasteiger partial charge in [0.25, 0.3) is 0 Å². The first kappa shape index (κ1) is 22.6. The molecule has 178 valence electrons. The number of ether oxygens (including phenoxy) is 2. The molecule has 1 unspecified atom stereocenters. The van der Waals surface area contributed by atoms with Crippen molar-refractivity contribution in [2.75, 3.05) is 51.1 Å². The number of thiophene rings is 1. The van der Waals surface area contributed by atoms with Crippen molar-refractivity contribution in [3.8, 4) is 5.75 Å². The minimum Gasteiger partial charge on any atom is -0.494 e. The molecule has 0 radical (unpaired) electrons. The number of fused-ring (bicyclic) bond motifs is 3. The van der Waals surface area contributed by atoms with E-state index < -0.39 is 0 Å². The summed E-state index contributed by atoms with van der Waals surface area (Å²) < 4.78 is 11.0. The summed E-state index contributed by atoms with van der Waals surface area (Å²) in [5, 5.41) is 7.70. The number of amides is 1. The Hall–Kier alpha value is -3.17. The molecule has 1 aliphatic carbocycles. The number of rotatable bonds is 6. The van der Waals surface area contributed by atoms with Gasteiger partial charge in [-0.25, -0.2) is 9.97 Å². The number of nitrogens with one attached hydrogen (secondary N) is 2. The van der Waals surface area contributed by atoms with E-state index in [9.17, 15) is 4.79 Å². The smallest absolute Gasteiger partial charge is 0.226 e. The molecule has 0 bridgehead atoms. The van der Waals surface area contributed by atoms with E-state index in [-0.39, 0.29) is 11.8 Å². The van der Waals surface area contributed by atoms with Crippen molar-refractivity contribution in [3.63, 3.8) is 0 Å². The standard InChI is InChI=1S/C25H29N5O3S/c1-4-15-11-19(20(32-3)13-18(15)26-2)29-23-22-17-6-5-16(25(31)30-7-9-33-10-8-30)12-21(17)34-24(22)28-14-27-23/h4,11,13-14,16,26H,1,5-10,12H2,2-3H3,(H,27,28,29). The van der Waals surface area contributed by atoms with Gasteiger partial charge < -0.3 is 25.0 Å². The fraction of sp³-hybridized carbons (Fsp3) is 0.400. The Labute approximate surface area is 203 Å². The van der Waals surface area contributed by atoms with Gasteiger partial charge in [0.2, 0.25) is 5.91 Å². The minimum absolute atomic E-state index is 0.0207. The number of aromatic nitrogens is 2. The molecule has 0 spiro atoms. The first-order valence-electron chi connectivity index (χ1n) is 11.5. The van der Waals surface area contributed by atoms with E-state index in [0.717, 1.165) is 52.2 Å². The van der Waals surface area contributed by atoms with Crippen LogP contribution in [-0.2, 0) is 22.4 Å². The van der Waals surface area contributed by atoms with Crippen LogP contribution in [0.5, 0.6) is 5.75 Å². The van der Waals surface area contributed by atoms with Gasteiger partial charge >= 0.3 is 0 Å². The van der Waals surface area contributed by atoms with Crippen LogP contribution in [0.3, 0.4) is 0 Å². The molecule has 1 aliphatic heterocycles. The van der Waals surface area contributed by atoms with Crippen molar-refractivity contribution in [3.05, 3.63) is 41.0 Å². The van der Waals surface area contributed by atoms with Crippen molar-refractivity contribution in [1.29, 1.82) is 0 Å². The number of methoxy groups -OCH3 is 1. The Morgan fingerprint density at radius 2 is 2.12 bits per heavy atom. The lowest BCUT2D eigenvalue weighted by Crippen LogP contribution is -2.44. The number of aryl methyl sites for hydroxylation is 1. The van der Waals surface area contributed by atoms with Crippen LogP contribution in [0, 0.1) is 5.92 Å². The number of carbonyl (C=O) groups is 1. The van der Waals surface area contributed by atoms with Gasteiger partial charge in [0.15, 0.2) is 0 Å². The summed E-state index contributed by atoms with van der Waals surface area (Å²) in [7, 11) is 3.53. The molecule has 1 aromatic carbocycles. The third-order valence-corrected chi connectivity index (χ3v) is 7.79. The average Bonchev–Trinajstić information content (AvgIpc) is 3.27. The SMILES string of the molecule is C=Cc1cc(Nc2ncnc3sc4c(c23)CCC(C(=O)N2CCOCC2)C4)c(OC)cc1NC. The van der Waals surface area contributed by atoms with E-state index in [1.54, 1.807) is 24.8 Å². The Morgan fingerprint density at radius 1 is 1.29 bits per heavy atom. The van der Waals surface area contributed by atoms with Crippen molar-refractivity contribution in [2.24, 2.45) is 5.92 Å². The summed E-state index contributed by atoms with van der Waals surface area (Å²) in [5.41, 5.74) is 3.97. The molecule has 1 atom stereocenters. The maximum Gasteiger partial charge on any atom is 0.226 e. The molecule has 9 heteroatoms. The molecule has 3 aromatic rings. The molecule has 34 heavy (non-hydrogen) atoms. The Bertz CT molecular complexity index is 1240. The quantitative estimate of drug-likeness (QED) is 0.550. The Morgan fingerprint density at radius 3 is 2.85 bits per heavy atom. The van der Waals surface area contributed by atoms with Gasteiger partial charge in [0.1, 0.15) is 22.7 Å². The molecule has 1 amide bonds. The lowest BCUT2D eigenvalue weighted by molar-refractivity contribution is -0.140. The second kappa shape index (κ2) is 9.60. The van der Waals surface area contributed by atoms with Crippen LogP contribution in [0.2, 0.25) is 0 Å². The van der Waals surface area contributed by atoms with E-state index in [4.69, 9.17) is 9.47 Å². The molecule has 2 aromatic heterocycles. The fourth-order valence-corrected chi connectivity index (χ4v) is 6.10. The number of benzene rings is 1. The van der Waals surface area contributed by atoms with Gasteiger partial charge in [-0.2, -0.15) is 0 Å². The van der Waals surface area contributed by atoms with Gasteiger partial charge in [-0.1, -0.05) is 12.7 Å². The maximum atomic E-state index is 13.1. The Balaban J connectivity index is 1.46. The maximum absolute atomic E-state index is 13.1. The topological polar surface area (TPSA) is 88.6 Å². The molecular formula is C25H29N5O3S. The molecule has 2 N–H and O–H groups in total. The second-order valence-corrected chi connectivity index (χ2v) is 9.59. The number of hydrogen-bond acceptors (Lipinski definition) is 8. The van der Waals surface area contributed by atoms with Crippen molar-refractivity contribution in [2.45, 2.75) is 19.3 Å². The van der Waals surface area contributed by atoms with Gasteiger partial charge in [-0.05, 0) is 36.5 Å². The third kappa shape index (κ3) is 4.10. The first-order valence-corrected chi connectivity index (χ1v) is 12.4. The summed E-state index contributed by atoms with van der Waals surface area (Å²) in [4.78, 5) is 26.3. The number of anilines is 3. The van der Waals surface area contributed by atoms with Crippen molar-refractivity contribution < 1.29 is 14.3 Å². The lowest BCUT2D eigenvalue weighted by atomic mass is 9.86. The van der Waals surface area contributed by atoms with Crippen LogP contribution in [0.4, 0.5) is 17.2 Å². The zero-order valence-corrected chi connectivity index (χ0v) is 20.3. The van der Waals surface area contributed by atoms with E-state index in [2.05, 4.69) is 27.2 Å². The molecule has 8 nitrogen and oxygen atoms in total. The third-order valence-electron chi connectivity index (χ3n) is 6.63. The summed E-state index contributed by atoms with van der Waals surface area (Å²) in [6.07, 6.45) is 5.83. The molecule has 2 aliphatic rings. The highest BCUT2D eigenvalue weighted by atomic mass is 32.1. The van der Waals surface area contributed by atoms with Crippen LogP contribution in [-0.4, -0.2) is 61.2 Å². The van der Waals surface area contributed by atoms with Crippen molar-refractivity contribution >= 4 is 50.7 Å². The highest BCUT2D eigenvalue weighted by Gasteiger charge is 2.32. The molecule has 1 saturated heterocycles. The summed E-state index contributed by atoms with van der Waals surface area (Å²) >= 11 is 1.67. The molecule has 5 rings (SSSR count). The van der Waals surface area contributed by atoms with Crippen LogP contribution in [0.15, 0.2) is 25.0 Å². The summed E-state index contributed by atoms with van der Waals surface area (Å²) in [6, 6.07) is 3.95. The summed E-state index contributed by atoms with van der Waals surface area (Å²) in [5.74, 6) is 1.74. The monoisotopic (exact) mass is 479 g/mol. The van der Waals surface area contributed by atoms with E-state index in [1.807, 2.05) is 30.2 Å². The summed E-state index contributed by atoms with van der Waals surface area (Å²) in [6.45, 7) is 6.56. The van der Waals surface area contributed by atoms with Gasteiger partial charge in [0.05, 0.1) is 31.4 Å². The largest absolute Gasteiger partial charge is 0.494 e. The lowest BCUT2D eigenvalue weighted by Gasteiger charge is -2.31. The van der Waals surface area contributed by atoms with Gasteiger partial charge in [-0.3, -0.25) is 4.79 Å². The van der Waals surface area contributed by atoms with Gasteiger partial charge in [0, 0.05) is 42.7 Å². The van der Waals surface area contributed by atoms with Crippen LogP contribution in [0.25, 0.3) is 16.3 Å². The number of carbonyl (C=O) groups excluding carboxylic acids is 1. The van der Waals surface area contributed by atoms with Crippen LogP contribution >= 0.6 is 11.3 Å². The first-order chi connectivity index (χ1) is 16.6. The van der Waals surface area contributed by atoms with Gasteiger partial charge in [-0.15, -0.1) is 11.3 Å². The van der Waals surface area contributed by atoms with Crippen LogP contribution < -0.4 is 15.4 Å². The molecular weight excluding hydrogens is 450 g/mol. The number of hydrogen-bond donors (Lipinski definition) is 2. The molecule has 3 heterocycles. The normalized spacial score (nSPS) is 17.8. The minimum atomic E-state index is 0.0207. The highest BCUT2D eigenvalue weighted by Crippen LogP contribution is 2.42. The predicted molar refractivity (Wildman–Crippen MR) is 136 cm³/mol. The molecule has 0 saturated carbocycles. The second-order valence-electron chi connectivity index (χ2n) is 8.50. The predicted octanol–water partition coefficient (Wildman–Crippen LogP) is 4.09. The highest BCUT2D eigenvalue weighted by molar-refractivity contribution is 7.19. The number of morpholine rings is 1. The average molecular weight is 480 g/mol. The van der Waals surface area contributed by atoms with E-state index in [0.29, 0.717) is 32.1 Å². The Kier molecular flexibility index (Phi) is 6.38. The fourth-order valence-electron chi connectivity index (χ4n) is 4.83. The van der Waals surface area contributed by atoms with E-state index >= 15 is 0 Å². The van der Waals surface area contributed by atoms with Crippen molar-refractivity contribution in [1.82, 2.24) is 14.9 Å². The number of nitrogens with zero attached hydrogens (tertiary/aromatic N) is 3.